The van der Waals surface area contributed by atoms with Gasteiger partial charge in [-0.15, -0.1) is 0 Å². The first kappa shape index (κ1) is 10.5. The Labute approximate surface area is 81.2 Å². The molecule has 13 heavy (non-hydrogen) atoms. The van der Waals surface area contributed by atoms with Crippen LogP contribution in [0.1, 0.15) is 52.9 Å². The topological polar surface area (TPSA) is 17.1 Å². The first-order valence-electron chi connectivity index (χ1n) is 5.43. The molecule has 1 heteroatoms. The normalized spacial score (nSPS) is 23.9. The van der Waals surface area contributed by atoms with Gasteiger partial charge in [0.1, 0.15) is 0 Å². The molecule has 1 unspecified atom stereocenters. The van der Waals surface area contributed by atoms with Crippen LogP contribution in [-0.2, 0) is 4.79 Å². The van der Waals surface area contributed by atoms with Crippen molar-refractivity contribution in [2.45, 2.75) is 52.9 Å². The number of hydrogen-bond donors (Lipinski definition) is 0. The lowest BCUT2D eigenvalue weighted by atomic mass is 9.81. The number of rotatable bonds is 3. The molecule has 0 spiro atoms. The van der Waals surface area contributed by atoms with Crippen molar-refractivity contribution in [3.8, 4) is 0 Å². The third kappa shape index (κ3) is 2.43. The van der Waals surface area contributed by atoms with Gasteiger partial charge in [0.15, 0.2) is 5.78 Å². The molecule has 0 fully saturated rings. The molecule has 1 aliphatic carbocycles. The molecule has 0 aromatic rings. The molecule has 0 amide bonds. The number of ketones is 1. The Morgan fingerprint density at radius 1 is 1.31 bits per heavy atom. The third-order valence-electron chi connectivity index (χ3n) is 2.80. The number of carbonyl (C=O) groups is 1. The highest BCUT2D eigenvalue weighted by Gasteiger charge is 2.22. The van der Waals surface area contributed by atoms with Crippen molar-refractivity contribution in [1.29, 1.82) is 0 Å². The highest BCUT2D eigenvalue weighted by Crippen LogP contribution is 2.30. The van der Waals surface area contributed by atoms with Crippen LogP contribution in [-0.4, -0.2) is 5.78 Å². The van der Waals surface area contributed by atoms with E-state index in [1.54, 1.807) is 0 Å². The van der Waals surface area contributed by atoms with Gasteiger partial charge >= 0.3 is 0 Å². The first-order chi connectivity index (χ1) is 6.19. The molecule has 0 bridgehead atoms. The summed E-state index contributed by atoms with van der Waals surface area (Å²) in [6.07, 6.45) is 5.15. The Morgan fingerprint density at radius 3 is 2.54 bits per heavy atom. The van der Waals surface area contributed by atoms with Gasteiger partial charge in [0.05, 0.1) is 0 Å². The van der Waals surface area contributed by atoms with E-state index in [9.17, 15) is 4.79 Å². The largest absolute Gasteiger partial charge is 0.295 e. The van der Waals surface area contributed by atoms with Gasteiger partial charge in [-0.05, 0) is 30.8 Å². The highest BCUT2D eigenvalue weighted by atomic mass is 16.1. The van der Waals surface area contributed by atoms with Crippen LogP contribution in [0.15, 0.2) is 11.1 Å². The van der Waals surface area contributed by atoms with Crippen molar-refractivity contribution in [2.24, 2.45) is 5.92 Å². The lowest BCUT2D eigenvalue weighted by molar-refractivity contribution is -0.117. The molecule has 74 valence electrons. The molecule has 0 saturated carbocycles. The van der Waals surface area contributed by atoms with E-state index in [-0.39, 0.29) is 0 Å². The van der Waals surface area contributed by atoms with Crippen LogP contribution in [0.5, 0.6) is 0 Å². The minimum Gasteiger partial charge on any atom is -0.295 e. The summed E-state index contributed by atoms with van der Waals surface area (Å²) in [5, 5.41) is 0. The second-order valence-electron chi connectivity index (χ2n) is 4.12. The number of allylic oxidation sites excluding steroid dienone is 2. The van der Waals surface area contributed by atoms with E-state index in [0.29, 0.717) is 11.7 Å². The fourth-order valence-electron chi connectivity index (χ4n) is 2.25. The van der Waals surface area contributed by atoms with E-state index >= 15 is 0 Å². The van der Waals surface area contributed by atoms with Crippen molar-refractivity contribution in [3.05, 3.63) is 11.1 Å². The van der Waals surface area contributed by atoms with Gasteiger partial charge in [-0.2, -0.15) is 0 Å². The van der Waals surface area contributed by atoms with E-state index in [1.807, 2.05) is 0 Å². The molecule has 0 N–H and O–H groups in total. The van der Waals surface area contributed by atoms with Gasteiger partial charge in [-0.25, -0.2) is 0 Å². The quantitative estimate of drug-likeness (QED) is 0.649. The summed E-state index contributed by atoms with van der Waals surface area (Å²) in [5.74, 6) is 0.981. The highest BCUT2D eigenvalue weighted by molar-refractivity contribution is 5.97. The molecular weight excluding hydrogens is 160 g/mol. The maximum absolute atomic E-state index is 11.7. The van der Waals surface area contributed by atoms with Crippen molar-refractivity contribution in [2.75, 3.05) is 0 Å². The van der Waals surface area contributed by atoms with Crippen LogP contribution in [0, 0.1) is 5.92 Å². The minimum atomic E-state index is 0.407. The van der Waals surface area contributed by atoms with Gasteiger partial charge in [-0.3, -0.25) is 4.79 Å². The molecule has 1 aliphatic rings. The second kappa shape index (κ2) is 4.59. The van der Waals surface area contributed by atoms with Crippen LogP contribution >= 0.6 is 0 Å². The number of hydrogen-bond acceptors (Lipinski definition) is 1. The van der Waals surface area contributed by atoms with E-state index in [1.165, 1.54) is 12.0 Å². The predicted molar refractivity (Wildman–Crippen MR) is 55.6 cm³/mol. The zero-order chi connectivity index (χ0) is 9.84. The van der Waals surface area contributed by atoms with E-state index < -0.39 is 0 Å². The smallest absolute Gasteiger partial charge is 0.159 e. The molecule has 1 rings (SSSR count). The zero-order valence-corrected chi connectivity index (χ0v) is 9.02. The average Bonchev–Trinajstić information content (AvgIpc) is 2.04. The summed E-state index contributed by atoms with van der Waals surface area (Å²) < 4.78 is 0. The van der Waals surface area contributed by atoms with Crippen LogP contribution in [0.4, 0.5) is 0 Å². The molecule has 1 nitrogen and oxygen atoms in total. The predicted octanol–water partition coefficient (Wildman–Crippen LogP) is 3.49. The van der Waals surface area contributed by atoms with Crippen LogP contribution in [0.25, 0.3) is 0 Å². The summed E-state index contributed by atoms with van der Waals surface area (Å²) in [6, 6.07) is 0. The molecule has 0 aliphatic heterocycles. The zero-order valence-electron chi connectivity index (χ0n) is 9.02. The van der Waals surface area contributed by atoms with Crippen molar-refractivity contribution in [1.82, 2.24) is 0 Å². The van der Waals surface area contributed by atoms with Gasteiger partial charge < -0.3 is 0 Å². The summed E-state index contributed by atoms with van der Waals surface area (Å²) >= 11 is 0. The van der Waals surface area contributed by atoms with Gasteiger partial charge in [0.2, 0.25) is 0 Å². The van der Waals surface area contributed by atoms with Crippen molar-refractivity contribution in [3.63, 3.8) is 0 Å². The fraction of sp³-hybridized carbons (Fsp3) is 0.750. The third-order valence-corrected chi connectivity index (χ3v) is 2.80. The van der Waals surface area contributed by atoms with Gasteiger partial charge in [-0.1, -0.05) is 32.8 Å². The Hall–Kier alpha value is -0.590. The Morgan fingerprint density at radius 2 is 2.00 bits per heavy atom. The molecule has 1 atom stereocenters. The van der Waals surface area contributed by atoms with Crippen LogP contribution in [0.2, 0.25) is 0 Å². The average molecular weight is 180 g/mol. The van der Waals surface area contributed by atoms with Crippen LogP contribution < -0.4 is 0 Å². The SMILES string of the molecule is CCCC1=C(CC)C(=O)CC(C)C1. The summed E-state index contributed by atoms with van der Waals surface area (Å²) in [4.78, 5) is 11.7. The van der Waals surface area contributed by atoms with Crippen LogP contribution in [0.3, 0.4) is 0 Å². The van der Waals surface area contributed by atoms with Gasteiger partial charge in [0, 0.05) is 6.42 Å². The summed E-state index contributed by atoms with van der Waals surface area (Å²) in [6.45, 7) is 6.46. The van der Waals surface area contributed by atoms with Gasteiger partial charge in [0.25, 0.3) is 0 Å². The molecule has 0 heterocycles. The number of carbonyl (C=O) groups excluding carboxylic acids is 1. The summed E-state index contributed by atoms with van der Waals surface area (Å²) in [7, 11) is 0. The Kier molecular flexibility index (Phi) is 3.71. The van der Waals surface area contributed by atoms with Crippen molar-refractivity contribution >= 4 is 5.78 Å². The van der Waals surface area contributed by atoms with E-state index in [2.05, 4.69) is 20.8 Å². The molecule has 0 aromatic carbocycles. The maximum Gasteiger partial charge on any atom is 0.159 e. The van der Waals surface area contributed by atoms with E-state index in [4.69, 9.17) is 0 Å². The summed E-state index contributed by atoms with van der Waals surface area (Å²) in [5.41, 5.74) is 2.58. The van der Waals surface area contributed by atoms with E-state index in [0.717, 1.165) is 31.3 Å². The number of Topliss-reactive ketones (excluding diaryl/α,β-unsaturated/α-hetero) is 1. The fourth-order valence-corrected chi connectivity index (χ4v) is 2.25. The standard InChI is InChI=1S/C12H20O/c1-4-6-10-7-9(3)8-12(13)11(10)5-2/h9H,4-8H2,1-3H3. The lowest BCUT2D eigenvalue weighted by Gasteiger charge is -2.23. The monoisotopic (exact) mass is 180 g/mol. The molecular formula is C12H20O. The Bertz CT molecular complexity index is 225. The second-order valence-corrected chi connectivity index (χ2v) is 4.12. The lowest BCUT2D eigenvalue weighted by Crippen LogP contribution is -2.17. The molecule has 0 aromatic heterocycles. The first-order valence-corrected chi connectivity index (χ1v) is 5.43. The Balaban J connectivity index is 2.85. The van der Waals surface area contributed by atoms with Crippen molar-refractivity contribution < 1.29 is 4.79 Å². The molecule has 0 radical (unpaired) electrons. The maximum atomic E-state index is 11.7. The molecule has 0 saturated heterocycles. The minimum absolute atomic E-state index is 0.407.